The summed E-state index contributed by atoms with van der Waals surface area (Å²) in [5.74, 6) is 2.17. The Labute approximate surface area is 232 Å². The van der Waals surface area contributed by atoms with E-state index in [1.807, 2.05) is 60.7 Å². The van der Waals surface area contributed by atoms with Crippen molar-refractivity contribution < 1.29 is 9.53 Å². The normalized spacial score (nSPS) is 14.6. The zero-order valence-electron chi connectivity index (χ0n) is 20.6. The van der Waals surface area contributed by atoms with Crippen molar-refractivity contribution >= 4 is 29.9 Å². The SMILES string of the molecule is Cl.N#Cc1ccc(Oc2ccccc2)cc1Cc1ncc(CN(Cc2cccc(Cl)c2)C2CCNC2=O)[nH]1. The Balaban J connectivity index is 0.00000336. The lowest BCUT2D eigenvalue weighted by atomic mass is 10.0. The number of imidazole rings is 1. The van der Waals surface area contributed by atoms with E-state index >= 15 is 0 Å². The highest BCUT2D eigenvalue weighted by molar-refractivity contribution is 6.30. The van der Waals surface area contributed by atoms with Gasteiger partial charge in [0.15, 0.2) is 0 Å². The van der Waals surface area contributed by atoms with E-state index in [4.69, 9.17) is 16.3 Å². The van der Waals surface area contributed by atoms with Gasteiger partial charge in [-0.1, -0.05) is 41.9 Å². The van der Waals surface area contributed by atoms with Gasteiger partial charge in [-0.05, 0) is 60.0 Å². The van der Waals surface area contributed by atoms with Crippen LogP contribution in [-0.2, 0) is 24.3 Å². The van der Waals surface area contributed by atoms with Crippen LogP contribution in [0.1, 0.15) is 34.6 Å². The van der Waals surface area contributed by atoms with Crippen LogP contribution in [-0.4, -0.2) is 33.4 Å². The fourth-order valence-electron chi connectivity index (χ4n) is 4.56. The molecule has 1 saturated heterocycles. The van der Waals surface area contributed by atoms with Crippen LogP contribution in [0.3, 0.4) is 0 Å². The van der Waals surface area contributed by atoms with E-state index in [1.54, 1.807) is 18.3 Å². The van der Waals surface area contributed by atoms with Gasteiger partial charge in [-0.15, -0.1) is 12.4 Å². The minimum atomic E-state index is -0.220. The van der Waals surface area contributed by atoms with Gasteiger partial charge in [-0.25, -0.2) is 4.98 Å². The summed E-state index contributed by atoms with van der Waals surface area (Å²) < 4.78 is 5.95. The maximum atomic E-state index is 12.5. The molecule has 0 saturated carbocycles. The highest BCUT2D eigenvalue weighted by Crippen LogP contribution is 2.25. The maximum absolute atomic E-state index is 12.5. The summed E-state index contributed by atoms with van der Waals surface area (Å²) in [7, 11) is 0. The second kappa shape index (κ2) is 12.6. The van der Waals surface area contributed by atoms with Gasteiger partial charge in [-0.2, -0.15) is 5.26 Å². The lowest BCUT2D eigenvalue weighted by molar-refractivity contribution is -0.124. The molecule has 1 unspecified atom stereocenters. The molecule has 0 radical (unpaired) electrons. The van der Waals surface area contributed by atoms with Gasteiger partial charge in [-0.3, -0.25) is 9.69 Å². The van der Waals surface area contributed by atoms with Crippen molar-refractivity contribution in [3.8, 4) is 17.6 Å². The summed E-state index contributed by atoms with van der Waals surface area (Å²) in [4.78, 5) is 22.6. The number of H-pyrrole nitrogens is 1. The standard InChI is InChI=1S/C29H26ClN5O2.ClH/c30-23-6-4-5-20(13-23)18-35(27-11-12-32-29(27)36)19-24-17-33-28(34-24)15-22-14-26(10-9-21(22)16-31)37-25-7-2-1-3-8-25;/h1-10,13-14,17,27H,11-12,15,18-19H2,(H,32,36)(H,33,34);1H. The van der Waals surface area contributed by atoms with E-state index in [-0.39, 0.29) is 24.4 Å². The largest absolute Gasteiger partial charge is 0.457 e. The quantitative estimate of drug-likeness (QED) is 0.283. The monoisotopic (exact) mass is 547 g/mol. The summed E-state index contributed by atoms with van der Waals surface area (Å²) in [5, 5.41) is 13.2. The van der Waals surface area contributed by atoms with E-state index in [9.17, 15) is 10.1 Å². The molecule has 7 nitrogen and oxygen atoms in total. The van der Waals surface area contributed by atoms with Crippen molar-refractivity contribution in [2.45, 2.75) is 32.0 Å². The minimum absolute atomic E-state index is 0. The number of nitriles is 1. The van der Waals surface area contributed by atoms with Gasteiger partial charge in [0.1, 0.15) is 17.3 Å². The molecule has 1 aliphatic heterocycles. The zero-order valence-corrected chi connectivity index (χ0v) is 22.1. The molecule has 5 rings (SSSR count). The van der Waals surface area contributed by atoms with E-state index in [1.165, 1.54) is 0 Å². The Hall–Kier alpha value is -3.83. The average Bonchev–Trinajstić information content (AvgIpc) is 3.53. The average molecular weight is 548 g/mol. The Morgan fingerprint density at radius 3 is 2.63 bits per heavy atom. The van der Waals surface area contributed by atoms with E-state index < -0.39 is 0 Å². The molecular weight excluding hydrogens is 521 g/mol. The smallest absolute Gasteiger partial charge is 0.237 e. The number of hydrogen-bond acceptors (Lipinski definition) is 5. The number of nitrogens with zero attached hydrogens (tertiary/aromatic N) is 3. The molecule has 3 aromatic carbocycles. The summed E-state index contributed by atoms with van der Waals surface area (Å²) >= 11 is 6.19. The van der Waals surface area contributed by atoms with Crippen molar-refractivity contribution in [1.29, 1.82) is 5.26 Å². The maximum Gasteiger partial charge on any atom is 0.237 e. The molecule has 2 heterocycles. The Morgan fingerprint density at radius 1 is 1.05 bits per heavy atom. The first kappa shape index (κ1) is 27.2. The Bertz CT molecular complexity index is 1430. The molecule has 0 spiro atoms. The first-order valence-corrected chi connectivity index (χ1v) is 12.5. The lowest BCUT2D eigenvalue weighted by Crippen LogP contribution is -2.39. The van der Waals surface area contributed by atoms with Crippen LogP contribution in [0.2, 0.25) is 5.02 Å². The van der Waals surface area contributed by atoms with Crippen LogP contribution in [0.4, 0.5) is 0 Å². The molecule has 2 N–H and O–H groups in total. The number of nitrogens with one attached hydrogen (secondary N) is 2. The van der Waals surface area contributed by atoms with Gasteiger partial charge in [0.2, 0.25) is 5.91 Å². The first-order chi connectivity index (χ1) is 18.1. The highest BCUT2D eigenvalue weighted by Gasteiger charge is 2.30. The summed E-state index contributed by atoms with van der Waals surface area (Å²) in [6, 6.07) is 24.7. The zero-order chi connectivity index (χ0) is 25.6. The van der Waals surface area contributed by atoms with Crippen molar-refractivity contribution in [2.75, 3.05) is 6.54 Å². The van der Waals surface area contributed by atoms with E-state index in [0.29, 0.717) is 42.4 Å². The third-order valence-corrected chi connectivity index (χ3v) is 6.56. The van der Waals surface area contributed by atoms with Crippen molar-refractivity contribution in [3.05, 3.63) is 112 Å². The number of ether oxygens (including phenoxy) is 1. The number of carbonyl (C=O) groups excluding carboxylic acids is 1. The molecular formula is C29H27Cl2N5O2. The van der Waals surface area contributed by atoms with Gasteiger partial charge in [0, 0.05) is 43.0 Å². The van der Waals surface area contributed by atoms with Gasteiger partial charge >= 0.3 is 0 Å². The molecule has 0 bridgehead atoms. The van der Waals surface area contributed by atoms with E-state index in [0.717, 1.165) is 34.8 Å². The van der Waals surface area contributed by atoms with Gasteiger partial charge < -0.3 is 15.0 Å². The van der Waals surface area contributed by atoms with Crippen molar-refractivity contribution in [3.63, 3.8) is 0 Å². The number of hydrogen-bond donors (Lipinski definition) is 2. The Morgan fingerprint density at radius 2 is 1.89 bits per heavy atom. The Kier molecular flexibility index (Phi) is 9.03. The van der Waals surface area contributed by atoms with Gasteiger partial charge in [0.05, 0.1) is 17.7 Å². The molecule has 1 aliphatic rings. The fraction of sp³-hybridized carbons (Fsp3) is 0.207. The third-order valence-electron chi connectivity index (χ3n) is 6.32. The van der Waals surface area contributed by atoms with Crippen molar-refractivity contribution in [1.82, 2.24) is 20.2 Å². The minimum Gasteiger partial charge on any atom is -0.457 e. The first-order valence-electron chi connectivity index (χ1n) is 12.1. The highest BCUT2D eigenvalue weighted by atomic mass is 35.5. The number of aromatic nitrogens is 2. The molecule has 9 heteroatoms. The van der Waals surface area contributed by atoms with Crippen LogP contribution in [0.5, 0.6) is 11.5 Å². The number of rotatable bonds is 9. The van der Waals surface area contributed by atoms with Crippen molar-refractivity contribution in [2.24, 2.45) is 0 Å². The van der Waals surface area contributed by atoms with Gasteiger partial charge in [0.25, 0.3) is 0 Å². The molecule has 1 aromatic heterocycles. The van der Waals surface area contributed by atoms with E-state index in [2.05, 4.69) is 26.3 Å². The number of benzene rings is 3. The predicted octanol–water partition coefficient (Wildman–Crippen LogP) is 5.63. The molecule has 194 valence electrons. The topological polar surface area (TPSA) is 94.0 Å². The number of amides is 1. The lowest BCUT2D eigenvalue weighted by Gasteiger charge is -2.26. The molecule has 38 heavy (non-hydrogen) atoms. The second-order valence-electron chi connectivity index (χ2n) is 9.01. The summed E-state index contributed by atoms with van der Waals surface area (Å²) in [5.41, 5.74) is 3.33. The van der Waals surface area contributed by atoms with Crippen LogP contribution in [0, 0.1) is 11.3 Å². The molecule has 1 atom stereocenters. The molecule has 4 aromatic rings. The number of carbonyl (C=O) groups is 1. The van der Waals surface area contributed by atoms with Crippen LogP contribution in [0.15, 0.2) is 79.0 Å². The fourth-order valence-corrected chi connectivity index (χ4v) is 4.78. The number of halogens is 2. The third kappa shape index (κ3) is 6.73. The number of para-hydroxylation sites is 1. The summed E-state index contributed by atoms with van der Waals surface area (Å²) in [6.45, 7) is 1.78. The van der Waals surface area contributed by atoms with Crippen LogP contribution >= 0.6 is 24.0 Å². The van der Waals surface area contributed by atoms with Crippen LogP contribution in [0.25, 0.3) is 0 Å². The summed E-state index contributed by atoms with van der Waals surface area (Å²) in [6.07, 6.45) is 3.00. The number of aromatic amines is 1. The molecule has 0 aliphatic carbocycles. The molecule has 1 fully saturated rings. The molecule has 1 amide bonds. The van der Waals surface area contributed by atoms with Crippen LogP contribution < -0.4 is 10.1 Å². The second-order valence-corrected chi connectivity index (χ2v) is 9.44. The predicted molar refractivity (Wildman–Crippen MR) is 148 cm³/mol.